The summed E-state index contributed by atoms with van der Waals surface area (Å²) in [6.07, 6.45) is 5.57. The Morgan fingerprint density at radius 2 is 1.93 bits per heavy atom. The molecule has 3 amide bonds. The summed E-state index contributed by atoms with van der Waals surface area (Å²) in [4.78, 5) is 24.2. The third-order valence-corrected chi connectivity index (χ3v) is 6.27. The van der Waals surface area contributed by atoms with Crippen LogP contribution in [-0.2, 0) is 14.8 Å². The van der Waals surface area contributed by atoms with E-state index >= 15 is 0 Å². The predicted molar refractivity (Wildman–Crippen MR) is 103 cm³/mol. The van der Waals surface area contributed by atoms with E-state index in [1.54, 1.807) is 24.3 Å². The molecule has 0 bridgehead atoms. The Balaban J connectivity index is 1.33. The highest BCUT2D eigenvalue weighted by Crippen LogP contribution is 2.29. The number of rotatable bonds is 12. The SMILES string of the molecule is O=C1CN(CCCCCCNS(=O)(=O)c2cccc(OCC3CC3)c2)C(=O)N1. The first-order chi connectivity index (χ1) is 13.4. The van der Waals surface area contributed by atoms with Gasteiger partial charge >= 0.3 is 6.03 Å². The Bertz CT molecular complexity index is 808. The van der Waals surface area contributed by atoms with Crippen LogP contribution in [0.3, 0.4) is 0 Å². The van der Waals surface area contributed by atoms with E-state index in [-0.39, 0.29) is 23.4 Å². The van der Waals surface area contributed by atoms with Crippen LogP contribution in [0.4, 0.5) is 4.79 Å². The van der Waals surface area contributed by atoms with Gasteiger partial charge in [-0.05, 0) is 43.7 Å². The molecule has 9 heteroatoms. The number of carbonyl (C=O) groups excluding carboxylic acids is 2. The molecule has 3 rings (SSSR count). The normalized spacial score (nSPS) is 17.1. The van der Waals surface area contributed by atoms with Crippen LogP contribution in [0.25, 0.3) is 0 Å². The van der Waals surface area contributed by atoms with Crippen molar-refractivity contribution in [2.45, 2.75) is 43.4 Å². The number of benzene rings is 1. The molecule has 2 N–H and O–H groups in total. The number of ether oxygens (including phenoxy) is 1. The summed E-state index contributed by atoms with van der Waals surface area (Å²) in [5.41, 5.74) is 0. The summed E-state index contributed by atoms with van der Waals surface area (Å²) < 4.78 is 33.1. The molecule has 1 aromatic carbocycles. The number of hydrogen-bond donors (Lipinski definition) is 2. The first kappa shape index (κ1) is 20.6. The van der Waals surface area contributed by atoms with Gasteiger partial charge in [0.2, 0.25) is 15.9 Å². The summed E-state index contributed by atoms with van der Waals surface area (Å²) in [7, 11) is -3.55. The van der Waals surface area contributed by atoms with Crippen LogP contribution < -0.4 is 14.8 Å². The minimum absolute atomic E-state index is 0.127. The zero-order chi connectivity index (χ0) is 20.0. The van der Waals surface area contributed by atoms with Gasteiger partial charge in [0.15, 0.2) is 0 Å². The largest absolute Gasteiger partial charge is 0.493 e. The van der Waals surface area contributed by atoms with Gasteiger partial charge in [-0.2, -0.15) is 0 Å². The lowest BCUT2D eigenvalue weighted by molar-refractivity contribution is -0.118. The molecule has 1 aliphatic heterocycles. The van der Waals surface area contributed by atoms with Gasteiger partial charge in [0.1, 0.15) is 12.3 Å². The molecular formula is C19H27N3O5S. The average molecular weight is 410 g/mol. The molecule has 154 valence electrons. The summed E-state index contributed by atoms with van der Waals surface area (Å²) in [5.74, 6) is 0.930. The first-order valence-electron chi connectivity index (χ1n) is 9.75. The smallest absolute Gasteiger partial charge is 0.324 e. The van der Waals surface area contributed by atoms with Crippen molar-refractivity contribution in [2.24, 2.45) is 5.92 Å². The van der Waals surface area contributed by atoms with Gasteiger partial charge in [0.05, 0.1) is 11.5 Å². The number of nitrogens with zero attached hydrogens (tertiary/aromatic N) is 1. The molecule has 1 aromatic rings. The van der Waals surface area contributed by atoms with Crippen LogP contribution >= 0.6 is 0 Å². The van der Waals surface area contributed by atoms with E-state index in [0.717, 1.165) is 19.3 Å². The van der Waals surface area contributed by atoms with Gasteiger partial charge in [-0.3, -0.25) is 10.1 Å². The average Bonchev–Trinajstić information content (AvgIpc) is 3.43. The van der Waals surface area contributed by atoms with Gasteiger partial charge in [0, 0.05) is 19.2 Å². The Kier molecular flexibility index (Phi) is 6.90. The molecule has 2 aliphatic rings. The van der Waals surface area contributed by atoms with Gasteiger partial charge in [-0.15, -0.1) is 0 Å². The number of nitrogens with one attached hydrogen (secondary N) is 2. The van der Waals surface area contributed by atoms with Crippen LogP contribution in [0.1, 0.15) is 38.5 Å². The topological polar surface area (TPSA) is 105 Å². The molecule has 0 radical (unpaired) electrons. The second-order valence-electron chi connectivity index (χ2n) is 7.32. The highest BCUT2D eigenvalue weighted by molar-refractivity contribution is 7.89. The Labute approximate surface area is 165 Å². The molecule has 1 saturated heterocycles. The van der Waals surface area contributed by atoms with Crippen molar-refractivity contribution < 1.29 is 22.7 Å². The number of sulfonamides is 1. The van der Waals surface area contributed by atoms with E-state index < -0.39 is 10.0 Å². The number of unbranched alkanes of at least 4 members (excludes halogenated alkanes) is 3. The molecule has 1 saturated carbocycles. The van der Waals surface area contributed by atoms with Crippen LogP contribution in [-0.4, -0.2) is 51.5 Å². The molecule has 2 fully saturated rings. The predicted octanol–water partition coefficient (Wildman–Crippen LogP) is 1.87. The summed E-state index contributed by atoms with van der Waals surface area (Å²) in [5, 5.41) is 2.24. The lowest BCUT2D eigenvalue weighted by atomic mass is 10.2. The molecule has 0 unspecified atom stereocenters. The summed E-state index contributed by atoms with van der Waals surface area (Å²) >= 11 is 0. The van der Waals surface area contributed by atoms with Crippen molar-refractivity contribution in [1.29, 1.82) is 0 Å². The molecule has 0 atom stereocenters. The van der Waals surface area contributed by atoms with E-state index in [4.69, 9.17) is 4.74 Å². The van der Waals surface area contributed by atoms with Crippen molar-refractivity contribution in [3.63, 3.8) is 0 Å². The third-order valence-electron chi connectivity index (χ3n) is 4.81. The quantitative estimate of drug-likeness (QED) is 0.405. The van der Waals surface area contributed by atoms with Crippen LogP contribution in [0, 0.1) is 5.92 Å². The maximum Gasteiger partial charge on any atom is 0.324 e. The lowest BCUT2D eigenvalue weighted by Crippen LogP contribution is -2.29. The standard InChI is InChI=1S/C19H27N3O5S/c23-18-13-22(19(24)21-18)11-4-2-1-3-10-20-28(25,26)17-7-5-6-16(12-17)27-14-15-8-9-15/h5-7,12,15,20H,1-4,8-11,13-14H2,(H,21,23,24). The third kappa shape index (κ3) is 6.20. The van der Waals surface area contributed by atoms with Crippen molar-refractivity contribution in [2.75, 3.05) is 26.2 Å². The maximum absolute atomic E-state index is 12.4. The molecule has 28 heavy (non-hydrogen) atoms. The monoisotopic (exact) mass is 409 g/mol. The second-order valence-corrected chi connectivity index (χ2v) is 9.08. The van der Waals surface area contributed by atoms with Crippen molar-refractivity contribution >= 4 is 22.0 Å². The Morgan fingerprint density at radius 1 is 1.14 bits per heavy atom. The number of carbonyl (C=O) groups is 2. The Morgan fingerprint density at radius 3 is 2.64 bits per heavy atom. The molecule has 8 nitrogen and oxygen atoms in total. The second kappa shape index (κ2) is 9.38. The van der Waals surface area contributed by atoms with Crippen molar-refractivity contribution in [3.8, 4) is 5.75 Å². The number of imide groups is 1. The van der Waals surface area contributed by atoms with Gasteiger partial charge in [-0.25, -0.2) is 17.9 Å². The van der Waals surface area contributed by atoms with E-state index in [1.165, 1.54) is 17.7 Å². The van der Waals surface area contributed by atoms with Gasteiger partial charge in [0.25, 0.3) is 0 Å². The van der Waals surface area contributed by atoms with Crippen LogP contribution in [0.2, 0.25) is 0 Å². The summed E-state index contributed by atoms with van der Waals surface area (Å²) in [6.45, 7) is 1.67. The fraction of sp³-hybridized carbons (Fsp3) is 0.579. The molecule has 0 aromatic heterocycles. The summed E-state index contributed by atoms with van der Waals surface area (Å²) in [6, 6.07) is 6.26. The zero-order valence-electron chi connectivity index (χ0n) is 15.9. The minimum atomic E-state index is -3.55. The highest BCUT2D eigenvalue weighted by atomic mass is 32.2. The van der Waals surface area contributed by atoms with E-state index in [1.807, 2.05) is 0 Å². The molecule has 1 heterocycles. The molecular weight excluding hydrogens is 382 g/mol. The van der Waals surface area contributed by atoms with E-state index in [0.29, 0.717) is 37.8 Å². The van der Waals surface area contributed by atoms with E-state index in [9.17, 15) is 18.0 Å². The number of hydrogen-bond acceptors (Lipinski definition) is 5. The zero-order valence-corrected chi connectivity index (χ0v) is 16.7. The van der Waals surface area contributed by atoms with Crippen LogP contribution in [0.5, 0.6) is 5.75 Å². The molecule has 1 aliphatic carbocycles. The lowest BCUT2D eigenvalue weighted by Gasteiger charge is -2.12. The fourth-order valence-electron chi connectivity index (χ4n) is 2.96. The highest BCUT2D eigenvalue weighted by Gasteiger charge is 2.25. The number of amides is 3. The van der Waals surface area contributed by atoms with Crippen LogP contribution in [0.15, 0.2) is 29.2 Å². The maximum atomic E-state index is 12.4. The Hall–Kier alpha value is -2.13. The van der Waals surface area contributed by atoms with Gasteiger partial charge < -0.3 is 9.64 Å². The van der Waals surface area contributed by atoms with Crippen molar-refractivity contribution in [1.82, 2.24) is 14.9 Å². The first-order valence-corrected chi connectivity index (χ1v) is 11.2. The number of urea groups is 1. The van der Waals surface area contributed by atoms with Gasteiger partial charge in [-0.1, -0.05) is 18.9 Å². The van der Waals surface area contributed by atoms with Crippen molar-refractivity contribution in [3.05, 3.63) is 24.3 Å². The van der Waals surface area contributed by atoms with E-state index in [2.05, 4.69) is 10.0 Å². The fourth-order valence-corrected chi connectivity index (χ4v) is 4.07. The minimum Gasteiger partial charge on any atom is -0.493 e. The molecule has 0 spiro atoms.